The van der Waals surface area contributed by atoms with Crippen LogP contribution in [0.15, 0.2) is 72.8 Å². The third kappa shape index (κ3) is 4.84. The van der Waals surface area contributed by atoms with Crippen LogP contribution < -0.4 is 4.90 Å². The van der Waals surface area contributed by atoms with Crippen LogP contribution in [0.3, 0.4) is 0 Å². The molecular formula is C24H23N3O3. The highest BCUT2D eigenvalue weighted by molar-refractivity contribution is 5.89. The lowest BCUT2D eigenvalue weighted by Gasteiger charge is -2.36. The average Bonchev–Trinajstić information content (AvgIpc) is 2.81. The van der Waals surface area contributed by atoms with Crippen LogP contribution in [-0.4, -0.2) is 54.5 Å². The molecule has 0 N–H and O–H groups in total. The lowest BCUT2D eigenvalue weighted by atomic mass is 10.2. The highest BCUT2D eigenvalue weighted by Crippen LogP contribution is 2.16. The first kappa shape index (κ1) is 19.6. The smallest absolute Gasteiger partial charge is 0.331 e. The maximum absolute atomic E-state index is 12.4. The molecule has 4 rings (SSSR count). The molecule has 0 spiro atoms. The molecule has 1 aromatic heterocycles. The van der Waals surface area contributed by atoms with E-state index in [9.17, 15) is 9.59 Å². The average molecular weight is 401 g/mol. The van der Waals surface area contributed by atoms with Crippen molar-refractivity contribution >= 4 is 34.5 Å². The first-order valence-electron chi connectivity index (χ1n) is 9.97. The Morgan fingerprint density at radius 3 is 2.43 bits per heavy atom. The highest BCUT2D eigenvalue weighted by atomic mass is 16.5. The van der Waals surface area contributed by atoms with E-state index in [2.05, 4.69) is 22.0 Å². The second-order valence-electron chi connectivity index (χ2n) is 7.07. The Kier molecular flexibility index (Phi) is 6.03. The predicted molar refractivity (Wildman–Crippen MR) is 117 cm³/mol. The van der Waals surface area contributed by atoms with Gasteiger partial charge in [0.2, 0.25) is 0 Å². The van der Waals surface area contributed by atoms with Crippen molar-refractivity contribution in [1.82, 2.24) is 9.88 Å². The molecule has 1 aliphatic heterocycles. The van der Waals surface area contributed by atoms with E-state index in [0.717, 1.165) is 29.7 Å². The van der Waals surface area contributed by atoms with E-state index in [-0.39, 0.29) is 12.5 Å². The SMILES string of the molecule is O=C(/C=C/c1ccc2ccccc2n1)OCC(=O)N1CCN(c2ccccc2)CC1. The number of carbonyl (C=O) groups is 2. The normalized spacial score (nSPS) is 14.3. The second kappa shape index (κ2) is 9.22. The Morgan fingerprint density at radius 1 is 0.900 bits per heavy atom. The molecule has 2 heterocycles. The van der Waals surface area contributed by atoms with E-state index in [1.165, 1.54) is 6.08 Å². The van der Waals surface area contributed by atoms with E-state index in [0.29, 0.717) is 18.8 Å². The van der Waals surface area contributed by atoms with E-state index >= 15 is 0 Å². The van der Waals surface area contributed by atoms with Gasteiger partial charge in [0, 0.05) is 43.3 Å². The number of pyridine rings is 1. The summed E-state index contributed by atoms with van der Waals surface area (Å²) in [4.78, 5) is 32.8. The fourth-order valence-corrected chi connectivity index (χ4v) is 3.45. The van der Waals surface area contributed by atoms with Gasteiger partial charge in [0.05, 0.1) is 11.2 Å². The zero-order valence-corrected chi connectivity index (χ0v) is 16.6. The minimum Gasteiger partial charge on any atom is -0.452 e. The van der Waals surface area contributed by atoms with Gasteiger partial charge < -0.3 is 14.5 Å². The molecule has 0 atom stereocenters. The maximum Gasteiger partial charge on any atom is 0.331 e. The molecule has 6 heteroatoms. The number of aromatic nitrogens is 1. The number of para-hydroxylation sites is 2. The maximum atomic E-state index is 12.4. The van der Waals surface area contributed by atoms with Crippen LogP contribution in [0.25, 0.3) is 17.0 Å². The number of anilines is 1. The molecule has 3 aromatic rings. The van der Waals surface area contributed by atoms with Crippen molar-refractivity contribution in [3.8, 4) is 0 Å². The number of piperazine rings is 1. The Labute approximate surface area is 175 Å². The number of nitrogens with zero attached hydrogens (tertiary/aromatic N) is 3. The first-order chi connectivity index (χ1) is 14.7. The van der Waals surface area contributed by atoms with Crippen molar-refractivity contribution in [2.45, 2.75) is 0 Å². The minimum absolute atomic E-state index is 0.173. The molecule has 30 heavy (non-hydrogen) atoms. The van der Waals surface area contributed by atoms with Crippen molar-refractivity contribution < 1.29 is 14.3 Å². The number of amides is 1. The summed E-state index contributed by atoms with van der Waals surface area (Å²) in [6, 6.07) is 21.7. The standard InChI is InChI=1S/C24H23N3O3/c28-23(27-16-14-26(15-17-27)21-7-2-1-3-8-21)18-30-24(29)13-12-20-11-10-19-6-4-5-9-22(19)25-20/h1-13H,14-18H2/b13-12+. The topological polar surface area (TPSA) is 62.7 Å². The number of hydrogen-bond donors (Lipinski definition) is 0. The van der Waals surface area contributed by atoms with Gasteiger partial charge in [-0.15, -0.1) is 0 Å². The van der Waals surface area contributed by atoms with Crippen molar-refractivity contribution in [2.24, 2.45) is 0 Å². The molecule has 0 aliphatic carbocycles. The summed E-state index contributed by atoms with van der Waals surface area (Å²) in [6.07, 6.45) is 2.90. The lowest BCUT2D eigenvalue weighted by molar-refractivity contribution is -0.148. The molecule has 1 fully saturated rings. The summed E-state index contributed by atoms with van der Waals surface area (Å²) < 4.78 is 5.12. The van der Waals surface area contributed by atoms with E-state index in [4.69, 9.17) is 4.74 Å². The predicted octanol–water partition coefficient (Wildman–Crippen LogP) is 3.14. The Hall–Kier alpha value is -3.67. The number of carbonyl (C=O) groups excluding carboxylic acids is 2. The molecule has 1 aliphatic rings. The van der Waals surface area contributed by atoms with Gasteiger partial charge in [-0.25, -0.2) is 9.78 Å². The summed E-state index contributed by atoms with van der Waals surface area (Å²) in [6.45, 7) is 2.50. The third-order valence-corrected chi connectivity index (χ3v) is 5.10. The molecule has 152 valence electrons. The number of rotatable bonds is 5. The second-order valence-corrected chi connectivity index (χ2v) is 7.07. The fraction of sp³-hybridized carbons (Fsp3) is 0.208. The summed E-state index contributed by atoms with van der Waals surface area (Å²) in [5.41, 5.74) is 2.68. The van der Waals surface area contributed by atoms with Crippen molar-refractivity contribution in [3.63, 3.8) is 0 Å². The van der Waals surface area contributed by atoms with Crippen LogP contribution >= 0.6 is 0 Å². The number of benzene rings is 2. The third-order valence-electron chi connectivity index (χ3n) is 5.10. The largest absolute Gasteiger partial charge is 0.452 e. The molecule has 2 aromatic carbocycles. The van der Waals surface area contributed by atoms with Gasteiger partial charge >= 0.3 is 5.97 Å². The summed E-state index contributed by atoms with van der Waals surface area (Å²) in [5.74, 6) is -0.727. The van der Waals surface area contributed by atoms with Crippen LogP contribution in [0.1, 0.15) is 5.69 Å². The molecule has 1 amide bonds. The molecular weight excluding hydrogens is 378 g/mol. The van der Waals surface area contributed by atoms with Gasteiger partial charge in [-0.05, 0) is 30.3 Å². The first-order valence-corrected chi connectivity index (χ1v) is 9.97. The number of esters is 1. The van der Waals surface area contributed by atoms with E-state index in [1.807, 2.05) is 54.6 Å². The van der Waals surface area contributed by atoms with Crippen molar-refractivity contribution in [1.29, 1.82) is 0 Å². The van der Waals surface area contributed by atoms with Crippen molar-refractivity contribution in [2.75, 3.05) is 37.7 Å². The van der Waals surface area contributed by atoms with Crippen LogP contribution in [-0.2, 0) is 14.3 Å². The molecule has 0 radical (unpaired) electrons. The fourth-order valence-electron chi connectivity index (χ4n) is 3.45. The van der Waals surface area contributed by atoms with Gasteiger partial charge in [-0.2, -0.15) is 0 Å². The van der Waals surface area contributed by atoms with E-state index in [1.54, 1.807) is 11.0 Å². The molecule has 0 bridgehead atoms. The number of ether oxygens (including phenoxy) is 1. The van der Waals surface area contributed by atoms with Gasteiger partial charge in [-0.3, -0.25) is 4.79 Å². The Bertz CT molecular complexity index is 1060. The van der Waals surface area contributed by atoms with E-state index < -0.39 is 5.97 Å². The number of hydrogen-bond acceptors (Lipinski definition) is 5. The number of fused-ring (bicyclic) bond motifs is 1. The summed E-state index contributed by atoms with van der Waals surface area (Å²) in [5, 5.41) is 1.04. The van der Waals surface area contributed by atoms with Gasteiger partial charge in [0.1, 0.15) is 0 Å². The minimum atomic E-state index is -0.554. The Balaban J connectivity index is 1.24. The van der Waals surface area contributed by atoms with Gasteiger partial charge in [0.15, 0.2) is 6.61 Å². The van der Waals surface area contributed by atoms with Gasteiger partial charge in [-0.1, -0.05) is 42.5 Å². The zero-order valence-electron chi connectivity index (χ0n) is 16.6. The Morgan fingerprint density at radius 2 is 1.63 bits per heavy atom. The monoisotopic (exact) mass is 401 g/mol. The summed E-state index contributed by atoms with van der Waals surface area (Å²) in [7, 11) is 0. The van der Waals surface area contributed by atoms with Crippen LogP contribution in [0, 0.1) is 0 Å². The lowest BCUT2D eigenvalue weighted by Crippen LogP contribution is -2.49. The molecule has 1 saturated heterocycles. The quantitative estimate of drug-likeness (QED) is 0.486. The molecule has 0 saturated carbocycles. The van der Waals surface area contributed by atoms with Crippen LogP contribution in [0.5, 0.6) is 0 Å². The van der Waals surface area contributed by atoms with Crippen LogP contribution in [0.2, 0.25) is 0 Å². The van der Waals surface area contributed by atoms with Crippen molar-refractivity contribution in [3.05, 3.63) is 78.5 Å². The van der Waals surface area contributed by atoms with Gasteiger partial charge in [0.25, 0.3) is 5.91 Å². The molecule has 0 unspecified atom stereocenters. The zero-order chi connectivity index (χ0) is 20.8. The summed E-state index contributed by atoms with van der Waals surface area (Å²) >= 11 is 0. The molecule has 6 nitrogen and oxygen atoms in total. The highest BCUT2D eigenvalue weighted by Gasteiger charge is 2.21. The van der Waals surface area contributed by atoms with Crippen LogP contribution in [0.4, 0.5) is 5.69 Å².